The van der Waals surface area contributed by atoms with Gasteiger partial charge in [0.15, 0.2) is 0 Å². The first kappa shape index (κ1) is 19.4. The zero-order valence-electron chi connectivity index (χ0n) is 16.8. The van der Waals surface area contributed by atoms with Crippen LogP contribution in [0.5, 0.6) is 0 Å². The molecule has 150 valence electrons. The van der Waals surface area contributed by atoms with Gasteiger partial charge in [-0.15, -0.1) is 0 Å². The van der Waals surface area contributed by atoms with Gasteiger partial charge in [-0.05, 0) is 55.0 Å². The maximum atomic E-state index is 12.7. The van der Waals surface area contributed by atoms with E-state index in [2.05, 4.69) is 20.2 Å². The first-order valence-corrected chi connectivity index (χ1v) is 9.70. The molecule has 3 aromatic carbocycles. The molecule has 6 nitrogen and oxygen atoms in total. The number of imidazole rings is 1. The maximum absolute atomic E-state index is 12.7. The van der Waals surface area contributed by atoms with Crippen LogP contribution in [0, 0.1) is 6.92 Å². The second kappa shape index (κ2) is 8.21. The van der Waals surface area contributed by atoms with Crippen molar-refractivity contribution in [3.63, 3.8) is 0 Å². The summed E-state index contributed by atoms with van der Waals surface area (Å²) in [6, 6.07) is 22.8. The summed E-state index contributed by atoms with van der Waals surface area (Å²) in [7, 11) is 1.61. The third-order valence-electron chi connectivity index (χ3n) is 4.95. The third kappa shape index (κ3) is 3.93. The largest absolute Gasteiger partial charge is 0.359 e. The predicted octanol–water partition coefficient (Wildman–Crippen LogP) is 3.87. The lowest BCUT2D eigenvalue weighted by Gasteiger charge is -2.08. The SMILES string of the molecule is CNC(=O)Cc1ccc(NC(=O)c2ccc3c(c2)nc(C)n3-c2ccccc2)cc1. The number of fused-ring (bicyclic) bond motifs is 1. The molecule has 0 aliphatic rings. The van der Waals surface area contributed by atoms with E-state index in [-0.39, 0.29) is 11.8 Å². The van der Waals surface area contributed by atoms with Crippen molar-refractivity contribution in [2.75, 3.05) is 12.4 Å². The molecule has 0 fully saturated rings. The number of aromatic nitrogens is 2. The van der Waals surface area contributed by atoms with Crippen molar-refractivity contribution in [3.8, 4) is 5.69 Å². The molecule has 0 spiro atoms. The summed E-state index contributed by atoms with van der Waals surface area (Å²) in [4.78, 5) is 28.8. The van der Waals surface area contributed by atoms with Crippen molar-refractivity contribution >= 4 is 28.5 Å². The van der Waals surface area contributed by atoms with Crippen LogP contribution in [0.1, 0.15) is 21.7 Å². The number of likely N-dealkylation sites (N-methyl/N-ethyl adjacent to an activating group) is 1. The molecule has 0 saturated carbocycles. The minimum atomic E-state index is -0.206. The van der Waals surface area contributed by atoms with Crippen LogP contribution in [0.2, 0.25) is 0 Å². The normalized spacial score (nSPS) is 10.7. The van der Waals surface area contributed by atoms with Crippen molar-refractivity contribution in [2.45, 2.75) is 13.3 Å². The van der Waals surface area contributed by atoms with Gasteiger partial charge in [-0.25, -0.2) is 4.98 Å². The fourth-order valence-electron chi connectivity index (χ4n) is 3.43. The van der Waals surface area contributed by atoms with Crippen LogP contribution in [0.15, 0.2) is 72.8 Å². The number of aryl methyl sites for hydroxylation is 1. The Labute approximate surface area is 174 Å². The summed E-state index contributed by atoms with van der Waals surface area (Å²) >= 11 is 0. The van der Waals surface area contributed by atoms with Crippen LogP contribution >= 0.6 is 0 Å². The van der Waals surface area contributed by atoms with E-state index < -0.39 is 0 Å². The van der Waals surface area contributed by atoms with Gasteiger partial charge in [0.25, 0.3) is 5.91 Å². The van der Waals surface area contributed by atoms with Crippen LogP contribution in [-0.4, -0.2) is 28.4 Å². The summed E-state index contributed by atoms with van der Waals surface area (Å²) < 4.78 is 2.07. The molecule has 0 saturated heterocycles. The Morgan fingerprint density at radius 3 is 2.40 bits per heavy atom. The van der Waals surface area contributed by atoms with E-state index in [1.807, 2.05) is 55.5 Å². The minimum Gasteiger partial charge on any atom is -0.359 e. The molecule has 1 aromatic heterocycles. The van der Waals surface area contributed by atoms with E-state index in [1.54, 1.807) is 31.3 Å². The third-order valence-corrected chi connectivity index (χ3v) is 4.95. The Morgan fingerprint density at radius 1 is 0.967 bits per heavy atom. The lowest BCUT2D eigenvalue weighted by Crippen LogP contribution is -2.19. The first-order chi connectivity index (χ1) is 14.5. The summed E-state index contributed by atoms with van der Waals surface area (Å²) in [5.74, 6) is 0.605. The monoisotopic (exact) mass is 398 g/mol. The number of rotatable bonds is 5. The number of benzene rings is 3. The van der Waals surface area contributed by atoms with Crippen LogP contribution in [0.3, 0.4) is 0 Å². The number of para-hydroxylation sites is 1. The van der Waals surface area contributed by atoms with Gasteiger partial charge in [0.05, 0.1) is 17.5 Å². The minimum absolute atomic E-state index is 0.0506. The van der Waals surface area contributed by atoms with Crippen molar-refractivity contribution in [1.29, 1.82) is 0 Å². The number of nitrogens with one attached hydrogen (secondary N) is 2. The number of carbonyl (C=O) groups excluding carboxylic acids is 2. The van der Waals surface area contributed by atoms with E-state index in [1.165, 1.54) is 0 Å². The van der Waals surface area contributed by atoms with Gasteiger partial charge in [0.2, 0.25) is 5.91 Å². The highest BCUT2D eigenvalue weighted by molar-refractivity contribution is 6.06. The summed E-state index contributed by atoms with van der Waals surface area (Å²) in [5.41, 5.74) is 4.85. The lowest BCUT2D eigenvalue weighted by molar-refractivity contribution is -0.119. The number of amides is 2. The molecule has 1 heterocycles. The molecule has 0 unspecified atom stereocenters. The summed E-state index contributed by atoms with van der Waals surface area (Å²) in [5, 5.41) is 5.49. The van der Waals surface area contributed by atoms with E-state index in [4.69, 9.17) is 0 Å². The molecule has 6 heteroatoms. The fraction of sp³-hybridized carbons (Fsp3) is 0.125. The topological polar surface area (TPSA) is 76.0 Å². The molecule has 2 N–H and O–H groups in total. The van der Waals surface area contributed by atoms with Gasteiger partial charge in [-0.1, -0.05) is 30.3 Å². The fourth-order valence-corrected chi connectivity index (χ4v) is 3.43. The molecule has 0 aliphatic carbocycles. The van der Waals surface area contributed by atoms with Gasteiger partial charge in [0, 0.05) is 24.0 Å². The Bertz CT molecular complexity index is 1210. The molecule has 0 bridgehead atoms. The van der Waals surface area contributed by atoms with Gasteiger partial charge in [-0.3, -0.25) is 14.2 Å². The zero-order chi connectivity index (χ0) is 21.1. The molecule has 30 heavy (non-hydrogen) atoms. The molecule has 0 aliphatic heterocycles. The number of carbonyl (C=O) groups is 2. The Morgan fingerprint density at radius 2 is 1.70 bits per heavy atom. The predicted molar refractivity (Wildman–Crippen MR) is 118 cm³/mol. The molecule has 0 radical (unpaired) electrons. The highest BCUT2D eigenvalue weighted by Crippen LogP contribution is 2.23. The Hall–Kier alpha value is -3.93. The van der Waals surface area contributed by atoms with E-state index in [0.29, 0.717) is 17.7 Å². The highest BCUT2D eigenvalue weighted by atomic mass is 16.2. The first-order valence-electron chi connectivity index (χ1n) is 9.70. The number of hydrogen-bond acceptors (Lipinski definition) is 3. The van der Waals surface area contributed by atoms with E-state index >= 15 is 0 Å². The van der Waals surface area contributed by atoms with Crippen molar-refractivity contribution in [1.82, 2.24) is 14.9 Å². The Balaban J connectivity index is 1.55. The highest BCUT2D eigenvalue weighted by Gasteiger charge is 2.13. The van der Waals surface area contributed by atoms with Crippen LogP contribution in [-0.2, 0) is 11.2 Å². The Kier molecular flexibility index (Phi) is 5.30. The average molecular weight is 398 g/mol. The molecule has 0 atom stereocenters. The maximum Gasteiger partial charge on any atom is 0.255 e. The van der Waals surface area contributed by atoms with Gasteiger partial charge >= 0.3 is 0 Å². The lowest BCUT2D eigenvalue weighted by atomic mass is 10.1. The molecular weight excluding hydrogens is 376 g/mol. The van der Waals surface area contributed by atoms with Crippen LogP contribution in [0.4, 0.5) is 5.69 Å². The quantitative estimate of drug-likeness (QED) is 0.536. The number of hydrogen-bond donors (Lipinski definition) is 2. The standard InChI is InChI=1S/C24H22N4O2/c1-16-26-21-15-18(10-13-22(21)28(16)20-6-4-3-5-7-20)24(30)27-19-11-8-17(9-12-19)14-23(29)25-2/h3-13,15H,14H2,1-2H3,(H,25,29)(H,27,30). The summed E-state index contributed by atoms with van der Waals surface area (Å²) in [6.07, 6.45) is 0.310. The molecule has 4 aromatic rings. The van der Waals surface area contributed by atoms with Crippen LogP contribution < -0.4 is 10.6 Å². The van der Waals surface area contributed by atoms with Gasteiger partial charge in [0.1, 0.15) is 5.82 Å². The number of nitrogens with zero attached hydrogens (tertiary/aromatic N) is 2. The molecule has 2 amide bonds. The second-order valence-corrected chi connectivity index (χ2v) is 7.03. The van der Waals surface area contributed by atoms with Crippen molar-refractivity contribution in [3.05, 3.63) is 89.7 Å². The average Bonchev–Trinajstić information content (AvgIpc) is 3.10. The number of anilines is 1. The summed E-state index contributed by atoms with van der Waals surface area (Å²) in [6.45, 7) is 1.95. The zero-order valence-corrected chi connectivity index (χ0v) is 16.8. The van der Waals surface area contributed by atoms with Crippen molar-refractivity contribution in [2.24, 2.45) is 0 Å². The van der Waals surface area contributed by atoms with E-state index in [0.717, 1.165) is 28.1 Å². The van der Waals surface area contributed by atoms with E-state index in [9.17, 15) is 9.59 Å². The van der Waals surface area contributed by atoms with Crippen LogP contribution in [0.25, 0.3) is 16.7 Å². The molecule has 4 rings (SSSR count). The molecular formula is C24H22N4O2. The van der Waals surface area contributed by atoms with Gasteiger partial charge in [-0.2, -0.15) is 0 Å². The van der Waals surface area contributed by atoms with Gasteiger partial charge < -0.3 is 10.6 Å². The smallest absolute Gasteiger partial charge is 0.255 e. The van der Waals surface area contributed by atoms with Crippen molar-refractivity contribution < 1.29 is 9.59 Å². The second-order valence-electron chi connectivity index (χ2n) is 7.03.